The molecule has 8 heteroatoms. The lowest BCUT2D eigenvalue weighted by atomic mass is 10.1. The highest BCUT2D eigenvalue weighted by Crippen LogP contribution is 2.26. The third-order valence-corrected chi connectivity index (χ3v) is 4.45. The Morgan fingerprint density at radius 1 is 1.10 bits per heavy atom. The molecule has 0 saturated heterocycles. The van der Waals surface area contributed by atoms with Crippen LogP contribution in [0.4, 0.5) is 5.69 Å². The van der Waals surface area contributed by atoms with E-state index in [2.05, 4.69) is 31.9 Å². The van der Waals surface area contributed by atoms with E-state index in [9.17, 15) is 9.59 Å². The molecular weight excluding hydrogens is 454 g/mol. The van der Waals surface area contributed by atoms with Crippen molar-refractivity contribution < 1.29 is 14.3 Å². The monoisotopic (exact) mass is 477 g/mol. The zero-order valence-corrected chi connectivity index (χ0v) is 19.2. The number of halogens is 1. The lowest BCUT2D eigenvalue weighted by molar-refractivity contribution is 0.0919. The maximum Gasteiger partial charge on any atom is 0.257 e. The van der Waals surface area contributed by atoms with Crippen molar-refractivity contribution in [3.8, 4) is 5.75 Å². The Hall–Kier alpha value is -2.45. The first-order chi connectivity index (χ1) is 13.6. The molecule has 0 radical (unpaired) electrons. The molecule has 0 aliphatic rings. The van der Waals surface area contributed by atoms with E-state index >= 15 is 0 Å². The summed E-state index contributed by atoms with van der Waals surface area (Å²) < 4.78 is 6.12. The summed E-state index contributed by atoms with van der Waals surface area (Å²) in [5.74, 6) is 0.0524. The van der Waals surface area contributed by atoms with E-state index in [1.165, 1.54) is 0 Å². The molecule has 0 bridgehead atoms. The normalized spacial score (nSPS) is 10.8. The third kappa shape index (κ3) is 6.83. The molecule has 29 heavy (non-hydrogen) atoms. The van der Waals surface area contributed by atoms with Crippen LogP contribution < -0.4 is 20.7 Å². The second-order valence-electron chi connectivity index (χ2n) is 7.24. The number of hydrogen-bond donors (Lipinski definition) is 3. The fraction of sp³-hybridized carbons (Fsp3) is 0.286. The first-order valence-electron chi connectivity index (χ1n) is 9.07. The summed E-state index contributed by atoms with van der Waals surface area (Å²) in [6.07, 6.45) is 0. The molecule has 2 rings (SSSR count). The second kappa shape index (κ2) is 9.84. The summed E-state index contributed by atoms with van der Waals surface area (Å²) in [7, 11) is 0. The average Bonchev–Trinajstić information content (AvgIpc) is 2.62. The number of anilines is 1. The van der Waals surface area contributed by atoms with Gasteiger partial charge < -0.3 is 15.4 Å². The van der Waals surface area contributed by atoms with E-state index < -0.39 is 0 Å². The number of hydrogen-bond acceptors (Lipinski definition) is 4. The number of para-hydroxylation sites is 1. The lowest BCUT2D eigenvalue weighted by Gasteiger charge is -2.21. The zero-order chi connectivity index (χ0) is 21.6. The summed E-state index contributed by atoms with van der Waals surface area (Å²) in [4.78, 5) is 25.0. The van der Waals surface area contributed by atoms with Crippen molar-refractivity contribution in [2.24, 2.45) is 0 Å². The van der Waals surface area contributed by atoms with Crippen LogP contribution in [-0.2, 0) is 0 Å². The van der Waals surface area contributed by atoms with Gasteiger partial charge in [0.25, 0.3) is 11.8 Å². The molecule has 0 aliphatic carbocycles. The van der Waals surface area contributed by atoms with Gasteiger partial charge in [0.15, 0.2) is 5.11 Å². The number of amides is 2. The van der Waals surface area contributed by atoms with Crippen LogP contribution in [0.2, 0.25) is 0 Å². The molecule has 0 aliphatic heterocycles. The lowest BCUT2D eigenvalue weighted by Crippen LogP contribution is -2.41. The maximum atomic E-state index is 12.5. The fourth-order valence-electron chi connectivity index (χ4n) is 2.44. The quantitative estimate of drug-likeness (QED) is 0.552. The van der Waals surface area contributed by atoms with E-state index in [-0.39, 0.29) is 22.5 Å². The largest absolute Gasteiger partial charge is 0.493 e. The molecular formula is C21H24BrN3O3S. The Morgan fingerprint density at radius 2 is 1.79 bits per heavy atom. The van der Waals surface area contributed by atoms with Gasteiger partial charge in [0, 0.05) is 11.1 Å². The van der Waals surface area contributed by atoms with Crippen LogP contribution in [0.3, 0.4) is 0 Å². The zero-order valence-electron chi connectivity index (χ0n) is 16.8. The van der Waals surface area contributed by atoms with Crippen LogP contribution in [0.5, 0.6) is 5.75 Å². The van der Waals surface area contributed by atoms with Gasteiger partial charge in [-0.3, -0.25) is 14.9 Å². The topological polar surface area (TPSA) is 79.5 Å². The Bertz CT molecular complexity index is 926. The highest BCUT2D eigenvalue weighted by atomic mass is 79.9. The van der Waals surface area contributed by atoms with Gasteiger partial charge in [0.05, 0.1) is 22.3 Å². The molecule has 0 fully saturated rings. The number of rotatable bonds is 5. The number of ether oxygens (including phenoxy) is 1. The van der Waals surface area contributed by atoms with Crippen molar-refractivity contribution in [2.45, 2.75) is 33.2 Å². The van der Waals surface area contributed by atoms with Gasteiger partial charge in [-0.2, -0.15) is 0 Å². The number of carbonyl (C=O) groups is 2. The van der Waals surface area contributed by atoms with Crippen LogP contribution in [0.15, 0.2) is 46.9 Å². The average molecular weight is 478 g/mol. The predicted molar refractivity (Wildman–Crippen MR) is 123 cm³/mol. The Balaban J connectivity index is 2.09. The number of benzene rings is 2. The van der Waals surface area contributed by atoms with Crippen molar-refractivity contribution >= 4 is 50.8 Å². The second-order valence-corrected chi connectivity index (χ2v) is 8.50. The van der Waals surface area contributed by atoms with E-state index in [0.717, 1.165) is 0 Å². The molecule has 0 heterocycles. The molecule has 0 unspecified atom stereocenters. The third-order valence-electron chi connectivity index (χ3n) is 3.63. The fourth-order valence-corrected chi connectivity index (χ4v) is 3.14. The predicted octanol–water partition coefficient (Wildman–Crippen LogP) is 4.50. The molecule has 3 N–H and O–H groups in total. The van der Waals surface area contributed by atoms with E-state index in [0.29, 0.717) is 33.6 Å². The minimum atomic E-state index is -0.375. The van der Waals surface area contributed by atoms with Crippen LogP contribution in [0.1, 0.15) is 48.4 Å². The summed E-state index contributed by atoms with van der Waals surface area (Å²) >= 11 is 8.65. The first-order valence-corrected chi connectivity index (χ1v) is 10.3. The van der Waals surface area contributed by atoms with Gasteiger partial charge in [0.1, 0.15) is 5.75 Å². The van der Waals surface area contributed by atoms with Crippen molar-refractivity contribution in [2.75, 3.05) is 11.9 Å². The van der Waals surface area contributed by atoms with E-state index in [1.54, 1.807) is 42.5 Å². The van der Waals surface area contributed by atoms with Crippen molar-refractivity contribution in [3.63, 3.8) is 0 Å². The molecule has 0 spiro atoms. The van der Waals surface area contributed by atoms with Crippen LogP contribution in [0, 0.1) is 0 Å². The van der Waals surface area contributed by atoms with Gasteiger partial charge in [0.2, 0.25) is 0 Å². The summed E-state index contributed by atoms with van der Waals surface area (Å²) in [5, 5.41) is 8.56. The molecule has 6 nitrogen and oxygen atoms in total. The maximum absolute atomic E-state index is 12.5. The van der Waals surface area contributed by atoms with Gasteiger partial charge in [-0.15, -0.1) is 0 Å². The van der Waals surface area contributed by atoms with Gasteiger partial charge in [-0.1, -0.05) is 12.1 Å². The van der Waals surface area contributed by atoms with Crippen LogP contribution >= 0.6 is 28.1 Å². The number of thiocarbonyl (C=S) groups is 1. The Morgan fingerprint density at radius 3 is 2.41 bits per heavy atom. The van der Waals surface area contributed by atoms with Crippen LogP contribution in [0.25, 0.3) is 0 Å². The Kier molecular flexibility index (Phi) is 7.75. The minimum absolute atomic E-state index is 0.0935. The van der Waals surface area contributed by atoms with E-state index in [1.807, 2.05) is 27.7 Å². The summed E-state index contributed by atoms with van der Waals surface area (Å²) in [6.45, 7) is 8.12. The standard InChI is InChI=1S/C21H24BrN3O3S/c1-5-28-17-11-10-13(12-15(17)22)18(26)24-20(29)23-16-9-7-6-8-14(16)19(27)25-21(2,3)4/h6-12H,5H2,1-4H3,(H,25,27)(H2,23,24,26,29). The molecule has 0 aromatic heterocycles. The first kappa shape index (κ1) is 22.8. The van der Waals surface area contributed by atoms with Gasteiger partial charge in [-0.05, 0) is 86.2 Å². The Labute approximate surface area is 184 Å². The SMILES string of the molecule is CCOc1ccc(C(=O)NC(=S)Nc2ccccc2C(=O)NC(C)(C)C)cc1Br. The summed E-state index contributed by atoms with van der Waals surface area (Å²) in [5.41, 5.74) is 0.985. The molecule has 0 atom stereocenters. The molecule has 2 aromatic carbocycles. The molecule has 154 valence electrons. The van der Waals surface area contributed by atoms with Crippen LogP contribution in [-0.4, -0.2) is 29.1 Å². The molecule has 2 aromatic rings. The van der Waals surface area contributed by atoms with Crippen molar-refractivity contribution in [3.05, 3.63) is 58.1 Å². The van der Waals surface area contributed by atoms with Crippen molar-refractivity contribution in [1.29, 1.82) is 0 Å². The molecule has 2 amide bonds. The number of carbonyl (C=O) groups excluding carboxylic acids is 2. The van der Waals surface area contributed by atoms with Gasteiger partial charge >= 0.3 is 0 Å². The molecule has 0 saturated carbocycles. The number of nitrogens with one attached hydrogen (secondary N) is 3. The highest BCUT2D eigenvalue weighted by molar-refractivity contribution is 9.10. The van der Waals surface area contributed by atoms with Gasteiger partial charge in [-0.25, -0.2) is 0 Å². The van der Waals surface area contributed by atoms with E-state index in [4.69, 9.17) is 17.0 Å². The highest BCUT2D eigenvalue weighted by Gasteiger charge is 2.18. The smallest absolute Gasteiger partial charge is 0.257 e. The van der Waals surface area contributed by atoms with Crippen molar-refractivity contribution in [1.82, 2.24) is 10.6 Å². The minimum Gasteiger partial charge on any atom is -0.493 e. The summed E-state index contributed by atoms with van der Waals surface area (Å²) in [6, 6.07) is 12.0.